The van der Waals surface area contributed by atoms with E-state index in [1.807, 2.05) is 17.5 Å². The van der Waals surface area contributed by atoms with Crippen LogP contribution in [0, 0.1) is 0 Å². The number of carbonyl (C=O) groups is 2. The highest BCUT2D eigenvalue weighted by Crippen LogP contribution is 2.41. The van der Waals surface area contributed by atoms with Crippen LogP contribution in [-0.2, 0) is 16.1 Å². The predicted octanol–water partition coefficient (Wildman–Crippen LogP) is 3.97. The van der Waals surface area contributed by atoms with E-state index in [0.717, 1.165) is 4.88 Å². The first kappa shape index (κ1) is 18.1. The molecule has 0 saturated carbocycles. The second kappa shape index (κ2) is 7.36. The van der Waals surface area contributed by atoms with Crippen LogP contribution >= 0.6 is 11.3 Å². The minimum atomic E-state index is -0.710. The van der Waals surface area contributed by atoms with Crippen molar-refractivity contribution in [2.75, 3.05) is 7.11 Å². The number of aliphatic hydroxyl groups excluding tert-OH is 1. The monoisotopic (exact) mass is 395 g/mol. The molecule has 1 atom stereocenters. The lowest BCUT2D eigenvalue weighted by Crippen LogP contribution is -2.28. The molecule has 0 unspecified atom stereocenters. The van der Waals surface area contributed by atoms with Crippen LogP contribution in [0.5, 0.6) is 5.75 Å². The first-order valence-electron chi connectivity index (χ1n) is 8.58. The molecule has 1 saturated heterocycles. The van der Waals surface area contributed by atoms with Crippen LogP contribution in [0.3, 0.4) is 0 Å². The number of methoxy groups -OCH3 is 1. The number of hydrogen-bond acceptors (Lipinski definition) is 6. The molecule has 0 bridgehead atoms. The number of ether oxygens (including phenoxy) is 1. The van der Waals surface area contributed by atoms with E-state index in [9.17, 15) is 14.7 Å². The number of likely N-dealkylation sites (tertiary alicyclic amines) is 1. The average molecular weight is 395 g/mol. The molecule has 6 nitrogen and oxygen atoms in total. The number of benzene rings is 1. The zero-order valence-corrected chi connectivity index (χ0v) is 15.8. The van der Waals surface area contributed by atoms with Crippen molar-refractivity contribution >= 4 is 28.8 Å². The summed E-state index contributed by atoms with van der Waals surface area (Å²) >= 11 is 1.42. The summed E-state index contributed by atoms with van der Waals surface area (Å²) in [6.45, 7) is 0.138. The minimum Gasteiger partial charge on any atom is -0.507 e. The Balaban J connectivity index is 1.81. The smallest absolute Gasteiger partial charge is 0.296 e. The highest BCUT2D eigenvalue weighted by Gasteiger charge is 2.46. The second-order valence-corrected chi connectivity index (χ2v) is 7.23. The summed E-state index contributed by atoms with van der Waals surface area (Å²) in [5, 5.41) is 12.8. The molecule has 142 valence electrons. The third-order valence-corrected chi connectivity index (χ3v) is 5.55. The van der Waals surface area contributed by atoms with E-state index in [4.69, 9.17) is 9.15 Å². The average Bonchev–Trinajstić information content (AvgIpc) is 3.46. The quantitative estimate of drug-likeness (QED) is 0.402. The SMILES string of the molecule is COc1ccc(/C(O)=C2\C(=O)C(=O)N(Cc3ccco3)[C@H]2c2cccs2)cc1. The number of amides is 1. The number of aliphatic hydroxyl groups is 1. The Kier molecular flexibility index (Phi) is 4.75. The van der Waals surface area contributed by atoms with Crippen LogP contribution in [0.25, 0.3) is 5.76 Å². The van der Waals surface area contributed by atoms with Crippen LogP contribution in [0.15, 0.2) is 70.2 Å². The van der Waals surface area contributed by atoms with Gasteiger partial charge in [-0.2, -0.15) is 0 Å². The van der Waals surface area contributed by atoms with Crippen molar-refractivity contribution in [3.05, 3.63) is 81.9 Å². The van der Waals surface area contributed by atoms with Gasteiger partial charge >= 0.3 is 0 Å². The van der Waals surface area contributed by atoms with Crippen LogP contribution in [-0.4, -0.2) is 28.8 Å². The van der Waals surface area contributed by atoms with Gasteiger partial charge in [0.15, 0.2) is 0 Å². The van der Waals surface area contributed by atoms with Gasteiger partial charge in [-0.15, -0.1) is 11.3 Å². The maximum atomic E-state index is 12.8. The van der Waals surface area contributed by atoms with Crippen LogP contribution in [0.1, 0.15) is 22.2 Å². The summed E-state index contributed by atoms with van der Waals surface area (Å²) in [7, 11) is 1.55. The van der Waals surface area contributed by atoms with E-state index in [1.165, 1.54) is 22.5 Å². The molecule has 2 aromatic heterocycles. The summed E-state index contributed by atoms with van der Waals surface area (Å²) < 4.78 is 10.5. The number of thiophene rings is 1. The molecule has 7 heteroatoms. The molecule has 3 heterocycles. The molecule has 0 spiro atoms. The van der Waals surface area contributed by atoms with Crippen molar-refractivity contribution in [1.29, 1.82) is 0 Å². The number of carbonyl (C=O) groups excluding carboxylic acids is 2. The molecule has 1 aliphatic heterocycles. The number of ketones is 1. The Morgan fingerprint density at radius 3 is 2.57 bits per heavy atom. The van der Waals surface area contributed by atoms with Gasteiger partial charge in [-0.05, 0) is 47.8 Å². The van der Waals surface area contributed by atoms with E-state index in [1.54, 1.807) is 43.5 Å². The van der Waals surface area contributed by atoms with Crippen molar-refractivity contribution in [2.24, 2.45) is 0 Å². The molecule has 0 aliphatic carbocycles. The van der Waals surface area contributed by atoms with E-state index in [2.05, 4.69) is 0 Å². The Hall–Kier alpha value is -3.32. The van der Waals surface area contributed by atoms with E-state index in [-0.39, 0.29) is 17.9 Å². The number of nitrogens with zero attached hydrogens (tertiary/aromatic N) is 1. The van der Waals surface area contributed by atoms with E-state index < -0.39 is 17.7 Å². The highest BCUT2D eigenvalue weighted by atomic mass is 32.1. The summed E-state index contributed by atoms with van der Waals surface area (Å²) in [4.78, 5) is 27.8. The lowest BCUT2D eigenvalue weighted by atomic mass is 10.00. The molecular weight excluding hydrogens is 378 g/mol. The van der Waals surface area contributed by atoms with Gasteiger partial charge in [-0.1, -0.05) is 6.07 Å². The molecule has 1 aliphatic rings. The zero-order valence-electron chi connectivity index (χ0n) is 15.0. The third kappa shape index (κ3) is 3.10. The molecule has 0 radical (unpaired) electrons. The molecule has 1 fully saturated rings. The Labute approximate surface area is 165 Å². The van der Waals surface area contributed by atoms with Crippen LogP contribution in [0.2, 0.25) is 0 Å². The number of rotatable bonds is 5. The largest absolute Gasteiger partial charge is 0.507 e. The molecular formula is C21H17NO5S. The lowest BCUT2D eigenvalue weighted by molar-refractivity contribution is -0.140. The van der Waals surface area contributed by atoms with Crippen molar-refractivity contribution in [1.82, 2.24) is 4.90 Å². The van der Waals surface area contributed by atoms with Gasteiger partial charge in [0.25, 0.3) is 11.7 Å². The normalized spacial score (nSPS) is 18.6. The van der Waals surface area contributed by atoms with Crippen molar-refractivity contribution < 1.29 is 23.8 Å². The van der Waals surface area contributed by atoms with Gasteiger partial charge in [-0.3, -0.25) is 9.59 Å². The Morgan fingerprint density at radius 1 is 1.18 bits per heavy atom. The minimum absolute atomic E-state index is 0.0733. The van der Waals surface area contributed by atoms with Gasteiger partial charge < -0.3 is 19.2 Å². The van der Waals surface area contributed by atoms with E-state index >= 15 is 0 Å². The van der Waals surface area contributed by atoms with Crippen molar-refractivity contribution in [2.45, 2.75) is 12.6 Å². The topological polar surface area (TPSA) is 80.0 Å². The van der Waals surface area contributed by atoms with Crippen molar-refractivity contribution in [3.63, 3.8) is 0 Å². The molecule has 1 amide bonds. The van der Waals surface area contributed by atoms with Crippen molar-refractivity contribution in [3.8, 4) is 5.75 Å². The first-order chi connectivity index (χ1) is 13.6. The summed E-state index contributed by atoms with van der Waals surface area (Å²) in [6.07, 6.45) is 1.52. The molecule has 28 heavy (non-hydrogen) atoms. The second-order valence-electron chi connectivity index (χ2n) is 6.25. The van der Waals surface area contributed by atoms with Gasteiger partial charge in [0, 0.05) is 10.4 Å². The predicted molar refractivity (Wildman–Crippen MR) is 104 cm³/mol. The lowest BCUT2D eigenvalue weighted by Gasteiger charge is -2.23. The summed E-state index contributed by atoms with van der Waals surface area (Å²) in [5.41, 5.74) is 0.516. The van der Waals surface area contributed by atoms with Crippen LogP contribution < -0.4 is 4.74 Å². The molecule has 4 rings (SSSR count). The standard InChI is InChI=1S/C21H17NO5S/c1-26-14-8-6-13(7-9-14)19(23)17-18(16-5-3-11-28-16)22(21(25)20(17)24)12-15-4-2-10-27-15/h2-11,18,23H,12H2,1H3/b19-17+/t18-/m0/s1. The number of furan rings is 1. The maximum absolute atomic E-state index is 12.8. The Morgan fingerprint density at radius 2 is 1.96 bits per heavy atom. The number of hydrogen-bond donors (Lipinski definition) is 1. The first-order valence-corrected chi connectivity index (χ1v) is 9.46. The van der Waals surface area contributed by atoms with Crippen LogP contribution in [0.4, 0.5) is 0 Å². The highest BCUT2D eigenvalue weighted by molar-refractivity contribution is 7.10. The summed E-state index contributed by atoms with van der Waals surface area (Å²) in [5.74, 6) is -0.387. The zero-order chi connectivity index (χ0) is 19.7. The van der Waals surface area contributed by atoms with Gasteiger partial charge in [0.1, 0.15) is 23.3 Å². The fourth-order valence-electron chi connectivity index (χ4n) is 3.26. The van der Waals surface area contributed by atoms with Gasteiger partial charge in [-0.25, -0.2) is 0 Å². The molecule has 3 aromatic rings. The molecule has 1 aromatic carbocycles. The van der Waals surface area contributed by atoms with E-state index in [0.29, 0.717) is 17.1 Å². The fourth-order valence-corrected chi connectivity index (χ4v) is 4.11. The van der Waals surface area contributed by atoms with Gasteiger partial charge in [0.05, 0.1) is 25.5 Å². The third-order valence-electron chi connectivity index (χ3n) is 4.62. The Bertz CT molecular complexity index is 1020. The fraction of sp³-hybridized carbons (Fsp3) is 0.143. The van der Waals surface area contributed by atoms with Gasteiger partial charge in [0.2, 0.25) is 0 Å². The number of Topliss-reactive ketones (excluding diaryl/α,β-unsaturated/α-hetero) is 1. The summed E-state index contributed by atoms with van der Waals surface area (Å²) in [6, 6.07) is 13.2. The maximum Gasteiger partial charge on any atom is 0.296 e. The molecule has 1 N–H and O–H groups in total.